The molecule has 2 unspecified atom stereocenters. The van der Waals surface area contributed by atoms with Crippen LogP contribution in [0.1, 0.15) is 18.1 Å². The van der Waals surface area contributed by atoms with Crippen molar-refractivity contribution >= 4 is 41.3 Å². The van der Waals surface area contributed by atoms with Gasteiger partial charge in [-0.05, 0) is 30.0 Å². The average molecular weight is 431 g/mol. The molecule has 0 spiro atoms. The maximum absolute atomic E-state index is 12.4. The first-order valence-corrected chi connectivity index (χ1v) is 10.9. The number of hydrogen-bond acceptors (Lipinski definition) is 7. The first-order chi connectivity index (χ1) is 14.1. The standard InChI is InChI=1S/C20H22N4O3S2/c1-15(22-20(26)27-12-16-8-4-2-5-9-16)18(25)23-19-24(21-14-28-19)29-13-17-10-6-3-7-11-17/h2-11,14-15,19H,12-13H2,1H3,(H,22,26)(H,23,25). The summed E-state index contributed by atoms with van der Waals surface area (Å²) in [6.45, 7) is 1.76. The molecule has 2 atom stereocenters. The minimum Gasteiger partial charge on any atom is -0.445 e. The average Bonchev–Trinajstić information content (AvgIpc) is 3.19. The van der Waals surface area contributed by atoms with Gasteiger partial charge in [0.25, 0.3) is 0 Å². The lowest BCUT2D eigenvalue weighted by Gasteiger charge is -2.24. The minimum atomic E-state index is -0.736. The zero-order chi connectivity index (χ0) is 20.5. The highest BCUT2D eigenvalue weighted by Gasteiger charge is 2.27. The fourth-order valence-corrected chi connectivity index (χ4v) is 4.18. The van der Waals surface area contributed by atoms with E-state index < -0.39 is 12.1 Å². The molecule has 0 saturated carbocycles. The predicted octanol–water partition coefficient (Wildman–Crippen LogP) is 3.54. The number of thioether (sulfide) groups is 1. The molecule has 2 aromatic carbocycles. The van der Waals surface area contributed by atoms with Gasteiger partial charge >= 0.3 is 6.09 Å². The quantitative estimate of drug-likeness (QED) is 0.624. The normalized spacial score (nSPS) is 16.3. The Kier molecular flexibility index (Phi) is 7.83. The van der Waals surface area contributed by atoms with E-state index in [2.05, 4.69) is 15.7 Å². The number of hydrogen-bond donors (Lipinski definition) is 2. The van der Waals surface area contributed by atoms with Crippen molar-refractivity contribution in [3.05, 3.63) is 71.8 Å². The molecule has 1 aliphatic rings. The lowest BCUT2D eigenvalue weighted by atomic mass is 10.2. The number of amides is 2. The van der Waals surface area contributed by atoms with E-state index in [1.165, 1.54) is 29.3 Å². The largest absolute Gasteiger partial charge is 0.445 e. The van der Waals surface area contributed by atoms with Crippen molar-refractivity contribution in [2.75, 3.05) is 0 Å². The molecule has 7 nitrogen and oxygen atoms in total. The SMILES string of the molecule is CC(NC(=O)OCc1ccccc1)C(=O)NC1SC=NN1SCc1ccccc1. The van der Waals surface area contributed by atoms with Crippen molar-refractivity contribution in [2.45, 2.75) is 30.8 Å². The molecular formula is C20H22N4O3S2. The van der Waals surface area contributed by atoms with Crippen LogP contribution in [-0.4, -0.2) is 33.5 Å². The lowest BCUT2D eigenvalue weighted by Crippen LogP contribution is -2.49. The van der Waals surface area contributed by atoms with E-state index in [0.717, 1.165) is 11.3 Å². The Labute approximate surface area is 178 Å². The van der Waals surface area contributed by atoms with Crippen LogP contribution in [0.5, 0.6) is 0 Å². The Morgan fingerprint density at radius 2 is 1.79 bits per heavy atom. The zero-order valence-electron chi connectivity index (χ0n) is 15.9. The van der Waals surface area contributed by atoms with Crippen LogP contribution >= 0.6 is 23.7 Å². The third-order valence-electron chi connectivity index (χ3n) is 3.96. The molecule has 3 rings (SSSR count). The monoisotopic (exact) mass is 430 g/mol. The molecule has 9 heteroatoms. The van der Waals surface area contributed by atoms with Crippen LogP contribution in [0.25, 0.3) is 0 Å². The number of alkyl carbamates (subject to hydrolysis) is 1. The molecule has 0 aliphatic carbocycles. The second kappa shape index (κ2) is 10.8. The van der Waals surface area contributed by atoms with E-state index >= 15 is 0 Å². The first kappa shape index (κ1) is 21.1. The van der Waals surface area contributed by atoms with E-state index in [1.54, 1.807) is 16.9 Å². The number of nitrogens with zero attached hydrogens (tertiary/aromatic N) is 2. The summed E-state index contributed by atoms with van der Waals surface area (Å²) in [4.78, 5) is 24.4. The van der Waals surface area contributed by atoms with Gasteiger partial charge in [-0.1, -0.05) is 72.4 Å². The Bertz CT molecular complexity index is 836. The van der Waals surface area contributed by atoms with Crippen LogP contribution in [0, 0.1) is 0 Å². The Morgan fingerprint density at radius 1 is 1.14 bits per heavy atom. The Morgan fingerprint density at radius 3 is 2.48 bits per heavy atom. The smallest absolute Gasteiger partial charge is 0.408 e. The maximum Gasteiger partial charge on any atom is 0.408 e. The summed E-state index contributed by atoms with van der Waals surface area (Å²) in [6, 6.07) is 18.7. The molecule has 0 aromatic heterocycles. The molecule has 0 fully saturated rings. The van der Waals surface area contributed by atoms with Crippen LogP contribution < -0.4 is 10.6 Å². The van der Waals surface area contributed by atoms with Gasteiger partial charge in [-0.25, -0.2) is 9.21 Å². The van der Waals surface area contributed by atoms with E-state index in [4.69, 9.17) is 4.74 Å². The molecule has 1 heterocycles. The number of benzene rings is 2. The van der Waals surface area contributed by atoms with Gasteiger partial charge in [-0.15, -0.1) is 0 Å². The second-order valence-electron chi connectivity index (χ2n) is 6.21. The Hall–Kier alpha value is -2.65. The van der Waals surface area contributed by atoms with Crippen molar-refractivity contribution in [1.29, 1.82) is 0 Å². The zero-order valence-corrected chi connectivity index (χ0v) is 17.5. The summed E-state index contributed by atoms with van der Waals surface area (Å²) in [7, 11) is 0. The summed E-state index contributed by atoms with van der Waals surface area (Å²) in [5, 5.41) is 9.70. The number of hydrazone groups is 1. The summed E-state index contributed by atoms with van der Waals surface area (Å²) >= 11 is 2.90. The highest BCUT2D eigenvalue weighted by Crippen LogP contribution is 2.28. The first-order valence-electron chi connectivity index (χ1n) is 9.03. The highest BCUT2D eigenvalue weighted by molar-refractivity contribution is 8.13. The molecule has 1 aliphatic heterocycles. The van der Waals surface area contributed by atoms with Gasteiger partial charge in [0.2, 0.25) is 5.91 Å². The molecule has 0 radical (unpaired) electrons. The van der Waals surface area contributed by atoms with Crippen molar-refractivity contribution in [3.8, 4) is 0 Å². The molecule has 0 saturated heterocycles. The third kappa shape index (κ3) is 6.72. The topological polar surface area (TPSA) is 83.0 Å². The minimum absolute atomic E-state index is 0.150. The molecule has 2 amide bonds. The maximum atomic E-state index is 12.4. The van der Waals surface area contributed by atoms with Gasteiger partial charge in [0, 0.05) is 5.75 Å². The third-order valence-corrected chi connectivity index (χ3v) is 5.92. The fraction of sp³-hybridized carbons (Fsp3) is 0.250. The van der Waals surface area contributed by atoms with Gasteiger partial charge in [0.15, 0.2) is 5.50 Å². The summed E-state index contributed by atoms with van der Waals surface area (Å²) < 4.78 is 6.90. The fourth-order valence-electron chi connectivity index (χ4n) is 2.40. The van der Waals surface area contributed by atoms with Gasteiger partial charge in [0.05, 0.1) is 5.55 Å². The molecular weight excluding hydrogens is 408 g/mol. The van der Waals surface area contributed by atoms with Crippen molar-refractivity contribution in [3.63, 3.8) is 0 Å². The molecule has 2 aromatic rings. The van der Waals surface area contributed by atoms with Crippen LogP contribution in [0.2, 0.25) is 0 Å². The van der Waals surface area contributed by atoms with Crippen LogP contribution in [0.15, 0.2) is 65.8 Å². The number of carbonyl (C=O) groups is 2. The molecule has 29 heavy (non-hydrogen) atoms. The number of ether oxygens (including phenoxy) is 1. The van der Waals surface area contributed by atoms with E-state index in [9.17, 15) is 9.59 Å². The van der Waals surface area contributed by atoms with E-state index in [0.29, 0.717) is 0 Å². The number of carbonyl (C=O) groups excluding carboxylic acids is 2. The van der Waals surface area contributed by atoms with E-state index in [-0.39, 0.29) is 18.0 Å². The summed E-state index contributed by atoms with van der Waals surface area (Å²) in [5.41, 5.74) is 3.41. The second-order valence-corrected chi connectivity index (χ2v) is 8.06. The van der Waals surface area contributed by atoms with E-state index in [1.807, 2.05) is 60.7 Å². The van der Waals surface area contributed by atoms with Gasteiger partial charge < -0.3 is 15.4 Å². The van der Waals surface area contributed by atoms with Gasteiger partial charge in [-0.3, -0.25) is 4.79 Å². The van der Waals surface area contributed by atoms with Crippen LogP contribution in [0.3, 0.4) is 0 Å². The van der Waals surface area contributed by atoms with Crippen molar-refractivity contribution in [1.82, 2.24) is 15.0 Å². The number of rotatable bonds is 8. The molecule has 0 bridgehead atoms. The summed E-state index contributed by atoms with van der Waals surface area (Å²) in [5.74, 6) is 0.431. The van der Waals surface area contributed by atoms with Gasteiger partial charge in [0.1, 0.15) is 12.6 Å². The van der Waals surface area contributed by atoms with Gasteiger partial charge in [-0.2, -0.15) is 5.10 Å². The predicted molar refractivity (Wildman–Crippen MR) is 117 cm³/mol. The summed E-state index contributed by atoms with van der Waals surface area (Å²) in [6.07, 6.45) is -0.637. The number of nitrogens with one attached hydrogen (secondary N) is 2. The molecule has 2 N–H and O–H groups in total. The highest BCUT2D eigenvalue weighted by atomic mass is 32.2. The van der Waals surface area contributed by atoms with Crippen molar-refractivity contribution in [2.24, 2.45) is 5.10 Å². The lowest BCUT2D eigenvalue weighted by molar-refractivity contribution is -0.123. The Balaban J connectivity index is 1.41. The van der Waals surface area contributed by atoms with Crippen molar-refractivity contribution < 1.29 is 14.3 Å². The molecule has 152 valence electrons. The van der Waals surface area contributed by atoms with Crippen LogP contribution in [-0.2, 0) is 21.9 Å². The van der Waals surface area contributed by atoms with Crippen LogP contribution in [0.4, 0.5) is 4.79 Å².